The van der Waals surface area contributed by atoms with Crippen molar-refractivity contribution in [1.29, 1.82) is 0 Å². The minimum absolute atomic E-state index is 0.633. The van der Waals surface area contributed by atoms with Gasteiger partial charge in [-0.15, -0.1) is 11.8 Å². The van der Waals surface area contributed by atoms with Crippen LogP contribution in [0.2, 0.25) is 0 Å². The molecule has 0 unspecified atom stereocenters. The molecule has 0 aliphatic carbocycles. The van der Waals surface area contributed by atoms with Crippen molar-refractivity contribution >= 4 is 11.8 Å². The maximum Gasteiger partial charge on any atom is 0.138 e. The van der Waals surface area contributed by atoms with Crippen LogP contribution in [0.3, 0.4) is 0 Å². The molecule has 0 amide bonds. The summed E-state index contributed by atoms with van der Waals surface area (Å²) >= 11 is 1.73. The zero-order valence-corrected chi connectivity index (χ0v) is 16.7. The first kappa shape index (κ1) is 18.3. The highest BCUT2D eigenvalue weighted by molar-refractivity contribution is 7.98. The standard InChI is InChI=1S/C23H21N3OS/c1-3-27-19-6-4-5-18(15-19)22-21(16-11-13-24-14-12-16)25-23(26-22)17-7-9-20(28-2)10-8-17/h4-15H,3H2,1-2H3,(H,25,26). The van der Waals surface area contributed by atoms with Crippen LogP contribution < -0.4 is 4.74 Å². The Labute approximate surface area is 169 Å². The Morgan fingerprint density at radius 3 is 2.43 bits per heavy atom. The van der Waals surface area contributed by atoms with Crippen molar-refractivity contribution in [3.63, 3.8) is 0 Å². The smallest absolute Gasteiger partial charge is 0.138 e. The van der Waals surface area contributed by atoms with Crippen LogP contribution in [0.1, 0.15) is 6.92 Å². The van der Waals surface area contributed by atoms with E-state index in [0.29, 0.717) is 6.61 Å². The summed E-state index contributed by atoms with van der Waals surface area (Å²) in [4.78, 5) is 13.8. The van der Waals surface area contributed by atoms with Gasteiger partial charge in [0, 0.05) is 34.0 Å². The highest BCUT2D eigenvalue weighted by Crippen LogP contribution is 2.34. The topological polar surface area (TPSA) is 50.8 Å². The molecular formula is C23H21N3OS. The highest BCUT2D eigenvalue weighted by Gasteiger charge is 2.16. The molecule has 28 heavy (non-hydrogen) atoms. The van der Waals surface area contributed by atoms with E-state index in [1.807, 2.05) is 37.3 Å². The minimum atomic E-state index is 0.633. The summed E-state index contributed by atoms with van der Waals surface area (Å²) in [5.41, 5.74) is 4.99. The van der Waals surface area contributed by atoms with Crippen LogP contribution in [0, 0.1) is 0 Å². The van der Waals surface area contributed by atoms with Gasteiger partial charge < -0.3 is 9.72 Å². The van der Waals surface area contributed by atoms with Gasteiger partial charge in [-0.3, -0.25) is 4.98 Å². The predicted octanol–water partition coefficient (Wildman–Crippen LogP) is 5.93. The molecule has 1 N–H and O–H groups in total. The van der Waals surface area contributed by atoms with E-state index in [1.165, 1.54) is 4.90 Å². The Balaban J connectivity index is 1.84. The van der Waals surface area contributed by atoms with Gasteiger partial charge in [-0.05, 0) is 49.6 Å². The van der Waals surface area contributed by atoms with Crippen LogP contribution in [-0.4, -0.2) is 27.8 Å². The molecule has 0 aliphatic heterocycles. The summed E-state index contributed by atoms with van der Waals surface area (Å²) in [6.45, 7) is 2.62. The molecule has 5 heteroatoms. The van der Waals surface area contributed by atoms with Crippen LogP contribution in [0.15, 0.2) is 78.0 Å². The number of H-pyrrole nitrogens is 1. The lowest BCUT2D eigenvalue weighted by Crippen LogP contribution is -1.91. The van der Waals surface area contributed by atoms with E-state index < -0.39 is 0 Å². The highest BCUT2D eigenvalue weighted by atomic mass is 32.2. The molecule has 0 bridgehead atoms. The number of benzene rings is 2. The van der Waals surface area contributed by atoms with Gasteiger partial charge in [0.1, 0.15) is 11.6 Å². The second-order valence-corrected chi connectivity index (χ2v) is 7.11. The lowest BCUT2D eigenvalue weighted by molar-refractivity contribution is 0.340. The Kier molecular flexibility index (Phi) is 5.44. The SMILES string of the molecule is CCOc1cccc(-c2nc(-c3ccc(SC)cc3)[nH]c2-c2ccncc2)c1. The van der Waals surface area contributed by atoms with Crippen LogP contribution in [-0.2, 0) is 0 Å². The molecule has 0 aliphatic rings. The lowest BCUT2D eigenvalue weighted by atomic mass is 10.1. The van der Waals surface area contributed by atoms with Crippen molar-refractivity contribution in [3.8, 4) is 39.7 Å². The second kappa shape index (κ2) is 8.31. The van der Waals surface area contributed by atoms with Gasteiger partial charge in [0.2, 0.25) is 0 Å². The molecule has 140 valence electrons. The number of ether oxygens (including phenoxy) is 1. The number of nitrogens with one attached hydrogen (secondary N) is 1. The molecule has 4 rings (SSSR count). The van der Waals surface area contributed by atoms with Crippen molar-refractivity contribution in [2.45, 2.75) is 11.8 Å². The fourth-order valence-electron chi connectivity index (χ4n) is 3.10. The summed E-state index contributed by atoms with van der Waals surface area (Å²) in [6.07, 6.45) is 5.67. The molecule has 4 nitrogen and oxygen atoms in total. The number of hydrogen-bond donors (Lipinski definition) is 1. The zero-order valence-electron chi connectivity index (χ0n) is 15.8. The van der Waals surface area contributed by atoms with Crippen molar-refractivity contribution in [3.05, 3.63) is 73.1 Å². The van der Waals surface area contributed by atoms with Gasteiger partial charge in [0.05, 0.1) is 18.0 Å². The van der Waals surface area contributed by atoms with Gasteiger partial charge >= 0.3 is 0 Å². The van der Waals surface area contributed by atoms with Gasteiger partial charge in [0.25, 0.3) is 0 Å². The van der Waals surface area contributed by atoms with Crippen molar-refractivity contribution < 1.29 is 4.74 Å². The first-order valence-corrected chi connectivity index (χ1v) is 10.4. The normalized spacial score (nSPS) is 10.8. The van der Waals surface area contributed by atoms with Gasteiger partial charge in [-0.2, -0.15) is 0 Å². The third-order valence-corrected chi connectivity index (χ3v) is 5.20. The molecule has 2 aromatic carbocycles. The minimum Gasteiger partial charge on any atom is -0.494 e. The molecule has 2 aromatic heterocycles. The van der Waals surface area contributed by atoms with E-state index in [9.17, 15) is 0 Å². The van der Waals surface area contributed by atoms with E-state index >= 15 is 0 Å². The Morgan fingerprint density at radius 2 is 1.71 bits per heavy atom. The third-order valence-electron chi connectivity index (χ3n) is 4.45. The first-order chi connectivity index (χ1) is 13.8. The summed E-state index contributed by atoms with van der Waals surface area (Å²) in [5, 5.41) is 0. The summed E-state index contributed by atoms with van der Waals surface area (Å²) < 4.78 is 5.68. The fraction of sp³-hybridized carbons (Fsp3) is 0.130. The number of thioether (sulfide) groups is 1. The Hall–Kier alpha value is -3.05. The summed E-state index contributed by atoms with van der Waals surface area (Å²) in [5.74, 6) is 1.69. The second-order valence-electron chi connectivity index (χ2n) is 6.23. The lowest BCUT2D eigenvalue weighted by Gasteiger charge is -2.06. The molecule has 2 heterocycles. The summed E-state index contributed by atoms with van der Waals surface area (Å²) in [7, 11) is 0. The van der Waals surface area contributed by atoms with E-state index in [2.05, 4.69) is 46.6 Å². The van der Waals surface area contributed by atoms with E-state index in [0.717, 1.165) is 39.7 Å². The number of pyridine rings is 1. The first-order valence-electron chi connectivity index (χ1n) is 9.16. The number of aromatic nitrogens is 3. The fourth-order valence-corrected chi connectivity index (χ4v) is 3.50. The Bertz CT molecular complexity index is 1060. The van der Waals surface area contributed by atoms with Crippen LogP contribution >= 0.6 is 11.8 Å². The molecule has 0 spiro atoms. The van der Waals surface area contributed by atoms with Crippen LogP contribution in [0.25, 0.3) is 33.9 Å². The average Bonchev–Trinajstić information content (AvgIpc) is 3.20. The molecule has 4 aromatic rings. The molecule has 0 saturated heterocycles. The predicted molar refractivity (Wildman–Crippen MR) is 116 cm³/mol. The number of imidazole rings is 1. The Morgan fingerprint density at radius 1 is 0.929 bits per heavy atom. The number of hydrogen-bond acceptors (Lipinski definition) is 4. The summed E-state index contributed by atoms with van der Waals surface area (Å²) in [6, 6.07) is 20.5. The third kappa shape index (κ3) is 3.80. The number of nitrogens with zero attached hydrogens (tertiary/aromatic N) is 2. The molecule has 0 saturated carbocycles. The number of aromatic amines is 1. The van der Waals surface area contributed by atoms with Crippen LogP contribution in [0.4, 0.5) is 0 Å². The van der Waals surface area contributed by atoms with Crippen molar-refractivity contribution in [2.75, 3.05) is 12.9 Å². The largest absolute Gasteiger partial charge is 0.494 e. The zero-order chi connectivity index (χ0) is 19.3. The average molecular weight is 388 g/mol. The van der Waals surface area contributed by atoms with Gasteiger partial charge in [0.15, 0.2) is 0 Å². The maximum absolute atomic E-state index is 5.68. The van der Waals surface area contributed by atoms with Crippen LogP contribution in [0.5, 0.6) is 5.75 Å². The molecule has 0 fully saturated rings. The van der Waals surface area contributed by atoms with Gasteiger partial charge in [-0.25, -0.2) is 4.98 Å². The van der Waals surface area contributed by atoms with Crippen molar-refractivity contribution in [1.82, 2.24) is 15.0 Å². The molecule has 0 atom stereocenters. The molecule has 0 radical (unpaired) electrons. The number of rotatable bonds is 6. The van der Waals surface area contributed by atoms with E-state index in [4.69, 9.17) is 9.72 Å². The van der Waals surface area contributed by atoms with Gasteiger partial charge in [-0.1, -0.05) is 24.3 Å². The van der Waals surface area contributed by atoms with E-state index in [-0.39, 0.29) is 0 Å². The molecular weight excluding hydrogens is 366 g/mol. The quantitative estimate of drug-likeness (QED) is 0.417. The van der Waals surface area contributed by atoms with E-state index in [1.54, 1.807) is 24.2 Å². The monoisotopic (exact) mass is 387 g/mol. The maximum atomic E-state index is 5.68. The van der Waals surface area contributed by atoms with Crippen molar-refractivity contribution in [2.24, 2.45) is 0 Å².